The van der Waals surface area contributed by atoms with E-state index in [1.54, 1.807) is 23.5 Å². The summed E-state index contributed by atoms with van der Waals surface area (Å²) in [5.41, 5.74) is 1.61. The molecule has 0 unspecified atom stereocenters. The second kappa shape index (κ2) is 20.1. The molecule has 2 aromatic rings. The van der Waals surface area contributed by atoms with Crippen molar-refractivity contribution >= 4 is 27.1 Å². The van der Waals surface area contributed by atoms with Gasteiger partial charge in [-0.1, -0.05) is 67.5 Å². The summed E-state index contributed by atoms with van der Waals surface area (Å²) in [6, 6.07) is 7.95. The number of carbonyl (C=O) groups is 1. The third-order valence-electron chi connectivity index (χ3n) is 2.88. The largest absolute Gasteiger partial charge is 0.481 e. The van der Waals surface area contributed by atoms with Crippen molar-refractivity contribution in [1.82, 2.24) is 0 Å². The quantitative estimate of drug-likeness (QED) is 0.568. The van der Waals surface area contributed by atoms with E-state index < -0.39 is 15.8 Å². The smallest absolute Gasteiger partial charge is 0.307 e. The molecule has 1 aromatic heterocycles. The molecule has 0 aliphatic heterocycles. The Labute approximate surface area is 176 Å². The van der Waals surface area contributed by atoms with Crippen LogP contribution in [0.4, 0.5) is 0 Å². The maximum atomic E-state index is 12.1. The molecule has 28 heavy (non-hydrogen) atoms. The summed E-state index contributed by atoms with van der Waals surface area (Å²) < 4.78 is 24.3. The summed E-state index contributed by atoms with van der Waals surface area (Å²) in [7, 11) is -3.32. The first-order valence-electron chi connectivity index (χ1n) is 10.0. The van der Waals surface area contributed by atoms with Crippen molar-refractivity contribution in [1.29, 1.82) is 0 Å². The van der Waals surface area contributed by atoms with Crippen LogP contribution in [0.5, 0.6) is 0 Å². The van der Waals surface area contributed by atoms with Gasteiger partial charge in [0.05, 0.1) is 17.1 Å². The van der Waals surface area contributed by atoms with Gasteiger partial charge in [-0.2, -0.15) is 11.3 Å². The van der Waals surface area contributed by atoms with E-state index in [2.05, 4.69) is 0 Å². The standard InChI is InChI=1S/C14H14O4S2.4C2H6/c15-14(16)9-11-1-3-13(4-2-11)20(17,18)8-6-12-5-7-19-10-12;4*1-2/h1-5,7,10H,6,8-9H2,(H,15,16);4*1-2H3. The van der Waals surface area contributed by atoms with E-state index in [1.165, 1.54) is 12.1 Å². The minimum atomic E-state index is -3.32. The highest BCUT2D eigenvalue weighted by Crippen LogP contribution is 2.15. The lowest BCUT2D eigenvalue weighted by atomic mass is 10.2. The fourth-order valence-corrected chi connectivity index (χ4v) is 3.79. The average molecular weight is 431 g/mol. The predicted octanol–water partition coefficient (Wildman–Crippen LogP) is 6.50. The zero-order chi connectivity index (χ0) is 22.6. The van der Waals surface area contributed by atoms with Gasteiger partial charge < -0.3 is 5.11 Å². The number of hydrogen-bond acceptors (Lipinski definition) is 4. The molecule has 1 aromatic carbocycles. The van der Waals surface area contributed by atoms with Gasteiger partial charge in [0.2, 0.25) is 0 Å². The lowest BCUT2D eigenvalue weighted by Gasteiger charge is -2.05. The maximum absolute atomic E-state index is 12.1. The summed E-state index contributed by atoms with van der Waals surface area (Å²) in [4.78, 5) is 10.8. The van der Waals surface area contributed by atoms with Crippen molar-refractivity contribution in [3.8, 4) is 0 Å². The Morgan fingerprint density at radius 2 is 1.36 bits per heavy atom. The number of sulfone groups is 1. The van der Waals surface area contributed by atoms with Crippen LogP contribution >= 0.6 is 11.3 Å². The van der Waals surface area contributed by atoms with Crippen LogP contribution in [-0.4, -0.2) is 25.2 Å². The zero-order valence-electron chi connectivity index (χ0n) is 18.7. The van der Waals surface area contributed by atoms with Gasteiger partial charge in [-0.05, 0) is 46.5 Å². The predicted molar refractivity (Wildman–Crippen MR) is 123 cm³/mol. The molecule has 0 spiro atoms. The summed E-state index contributed by atoms with van der Waals surface area (Å²) in [6.45, 7) is 16.0. The first-order valence-corrected chi connectivity index (χ1v) is 12.6. The average Bonchev–Trinajstić information content (AvgIpc) is 3.26. The molecule has 0 aliphatic carbocycles. The van der Waals surface area contributed by atoms with Crippen molar-refractivity contribution in [2.45, 2.75) is 73.1 Å². The third kappa shape index (κ3) is 13.5. The van der Waals surface area contributed by atoms with Gasteiger partial charge in [-0.25, -0.2) is 8.42 Å². The maximum Gasteiger partial charge on any atom is 0.307 e. The molecule has 1 N–H and O–H groups in total. The summed E-state index contributed by atoms with van der Waals surface area (Å²) in [5.74, 6) is -0.875. The Hall–Kier alpha value is -1.66. The van der Waals surface area contributed by atoms with Crippen LogP contribution in [0.25, 0.3) is 0 Å². The number of aliphatic carboxylic acids is 1. The highest BCUT2D eigenvalue weighted by atomic mass is 32.2. The highest BCUT2D eigenvalue weighted by molar-refractivity contribution is 7.91. The van der Waals surface area contributed by atoms with Crippen molar-refractivity contribution in [3.63, 3.8) is 0 Å². The number of carboxylic acid groups (broad SMARTS) is 1. The lowest BCUT2D eigenvalue weighted by Crippen LogP contribution is -2.09. The molecule has 0 bridgehead atoms. The van der Waals surface area contributed by atoms with E-state index in [-0.39, 0.29) is 17.1 Å². The first-order chi connectivity index (χ1) is 13.5. The van der Waals surface area contributed by atoms with E-state index >= 15 is 0 Å². The molecule has 2 rings (SSSR count). The molecule has 0 amide bonds. The van der Waals surface area contributed by atoms with Crippen molar-refractivity contribution in [2.75, 3.05) is 5.75 Å². The van der Waals surface area contributed by atoms with Crippen LogP contribution < -0.4 is 0 Å². The van der Waals surface area contributed by atoms with Crippen LogP contribution in [0.15, 0.2) is 46.0 Å². The van der Waals surface area contributed by atoms with Gasteiger partial charge in [0.1, 0.15) is 0 Å². The normalized spacial score (nSPS) is 9.00. The van der Waals surface area contributed by atoms with E-state index in [9.17, 15) is 13.2 Å². The van der Waals surface area contributed by atoms with E-state index in [0.717, 1.165) is 5.56 Å². The number of aryl methyl sites for hydroxylation is 1. The van der Waals surface area contributed by atoms with Gasteiger partial charge in [-0.15, -0.1) is 0 Å². The Balaban J connectivity index is -0.000000695. The fourth-order valence-electron chi connectivity index (χ4n) is 1.79. The van der Waals surface area contributed by atoms with E-state index in [4.69, 9.17) is 5.11 Å². The summed E-state index contributed by atoms with van der Waals surface area (Å²) in [5, 5.41) is 12.5. The van der Waals surface area contributed by atoms with Gasteiger partial charge in [0, 0.05) is 0 Å². The zero-order valence-corrected chi connectivity index (χ0v) is 20.3. The van der Waals surface area contributed by atoms with Crippen LogP contribution in [0, 0.1) is 0 Å². The summed E-state index contributed by atoms with van der Waals surface area (Å²) in [6.07, 6.45) is 0.387. The lowest BCUT2D eigenvalue weighted by molar-refractivity contribution is -0.136. The first kappa shape index (κ1) is 31.0. The van der Waals surface area contributed by atoms with Crippen molar-refractivity contribution in [3.05, 3.63) is 52.2 Å². The second-order valence-electron chi connectivity index (χ2n) is 4.41. The topological polar surface area (TPSA) is 71.4 Å². The Morgan fingerprint density at radius 3 is 1.75 bits per heavy atom. The molecule has 0 fully saturated rings. The second-order valence-corrected chi connectivity index (χ2v) is 7.30. The molecule has 0 aliphatic rings. The molecule has 0 atom stereocenters. The number of hydrogen-bond donors (Lipinski definition) is 1. The Morgan fingerprint density at radius 1 is 0.857 bits per heavy atom. The highest BCUT2D eigenvalue weighted by Gasteiger charge is 2.14. The summed E-state index contributed by atoms with van der Waals surface area (Å²) >= 11 is 1.54. The molecular weight excluding hydrogens is 392 g/mol. The Kier molecular flexibility index (Phi) is 22.3. The number of benzene rings is 1. The molecule has 0 radical (unpaired) electrons. The van der Waals surface area contributed by atoms with Crippen LogP contribution in [0.1, 0.15) is 66.5 Å². The van der Waals surface area contributed by atoms with Crippen LogP contribution in [0.3, 0.4) is 0 Å². The molecule has 0 saturated carbocycles. The number of thiophene rings is 1. The van der Waals surface area contributed by atoms with Crippen LogP contribution in [0.2, 0.25) is 0 Å². The monoisotopic (exact) mass is 430 g/mol. The van der Waals surface area contributed by atoms with Crippen molar-refractivity contribution in [2.24, 2.45) is 0 Å². The van der Waals surface area contributed by atoms with E-state index in [1.807, 2.05) is 72.2 Å². The van der Waals surface area contributed by atoms with Gasteiger partial charge in [0.15, 0.2) is 9.84 Å². The third-order valence-corrected chi connectivity index (χ3v) is 5.34. The Bertz CT molecular complexity index is 674. The van der Waals surface area contributed by atoms with Gasteiger partial charge >= 0.3 is 5.97 Å². The van der Waals surface area contributed by atoms with Gasteiger partial charge in [-0.3, -0.25) is 4.79 Å². The molecule has 6 heteroatoms. The minimum absolute atomic E-state index is 0.0576. The fraction of sp³-hybridized carbons (Fsp3) is 0.500. The molecule has 0 saturated heterocycles. The van der Waals surface area contributed by atoms with Crippen LogP contribution in [-0.2, 0) is 27.5 Å². The van der Waals surface area contributed by atoms with E-state index in [0.29, 0.717) is 12.0 Å². The molecular formula is C22H38O4S2. The molecule has 4 nitrogen and oxygen atoms in total. The van der Waals surface area contributed by atoms with Gasteiger partial charge in [0.25, 0.3) is 0 Å². The van der Waals surface area contributed by atoms with Crippen molar-refractivity contribution < 1.29 is 18.3 Å². The molecule has 162 valence electrons. The number of rotatable bonds is 6. The molecule has 1 heterocycles. The minimum Gasteiger partial charge on any atom is -0.481 e. The SMILES string of the molecule is CC.CC.CC.CC.O=C(O)Cc1ccc(S(=O)(=O)CCc2ccsc2)cc1. The number of carboxylic acids is 1.